The standard InChI is InChI=1S/C20H18FN3O2/c1-2-26-18-9-6-16(7-10-18)23-17-8-11-19(22-13-17)24-20(25)14-4-3-5-15(21)12-14/h3-13,23H,2H2,1H3,(H,22,24,25). The molecule has 0 saturated carbocycles. The quantitative estimate of drug-likeness (QED) is 0.680. The molecule has 1 amide bonds. The number of pyridine rings is 1. The van der Waals surface area contributed by atoms with E-state index in [1.807, 2.05) is 31.2 Å². The van der Waals surface area contributed by atoms with Crippen LogP contribution in [0.25, 0.3) is 0 Å². The summed E-state index contributed by atoms with van der Waals surface area (Å²) in [6, 6.07) is 16.5. The van der Waals surface area contributed by atoms with Gasteiger partial charge in [-0.3, -0.25) is 4.79 Å². The van der Waals surface area contributed by atoms with Gasteiger partial charge in [0.2, 0.25) is 0 Å². The number of rotatable bonds is 6. The van der Waals surface area contributed by atoms with Gasteiger partial charge in [-0.05, 0) is 61.5 Å². The van der Waals surface area contributed by atoms with Crippen LogP contribution in [0.1, 0.15) is 17.3 Å². The zero-order chi connectivity index (χ0) is 18.4. The normalized spacial score (nSPS) is 10.2. The molecule has 6 heteroatoms. The summed E-state index contributed by atoms with van der Waals surface area (Å²) in [5.41, 5.74) is 1.91. The predicted molar refractivity (Wildman–Crippen MR) is 99.5 cm³/mol. The zero-order valence-corrected chi connectivity index (χ0v) is 14.2. The fourth-order valence-electron chi connectivity index (χ4n) is 2.33. The largest absolute Gasteiger partial charge is 0.494 e. The predicted octanol–water partition coefficient (Wildman–Crippen LogP) is 4.62. The SMILES string of the molecule is CCOc1ccc(Nc2ccc(NC(=O)c3cccc(F)c3)nc2)cc1. The van der Waals surface area contributed by atoms with Gasteiger partial charge in [-0.2, -0.15) is 0 Å². The van der Waals surface area contributed by atoms with E-state index in [-0.39, 0.29) is 5.56 Å². The van der Waals surface area contributed by atoms with Crippen molar-refractivity contribution in [1.29, 1.82) is 0 Å². The molecule has 0 radical (unpaired) electrons. The van der Waals surface area contributed by atoms with E-state index in [9.17, 15) is 9.18 Å². The van der Waals surface area contributed by atoms with Crippen molar-refractivity contribution >= 4 is 23.1 Å². The summed E-state index contributed by atoms with van der Waals surface area (Å²) in [4.78, 5) is 16.3. The highest BCUT2D eigenvalue weighted by Gasteiger charge is 2.07. The monoisotopic (exact) mass is 351 g/mol. The number of anilines is 3. The van der Waals surface area contributed by atoms with Gasteiger partial charge < -0.3 is 15.4 Å². The van der Waals surface area contributed by atoms with Gasteiger partial charge in [-0.15, -0.1) is 0 Å². The molecular formula is C20H18FN3O2. The molecule has 0 bridgehead atoms. The highest BCUT2D eigenvalue weighted by atomic mass is 19.1. The van der Waals surface area contributed by atoms with E-state index >= 15 is 0 Å². The number of benzene rings is 2. The molecule has 26 heavy (non-hydrogen) atoms. The summed E-state index contributed by atoms with van der Waals surface area (Å²) in [5.74, 6) is 0.327. The molecule has 3 aromatic rings. The van der Waals surface area contributed by atoms with Crippen LogP contribution in [-0.4, -0.2) is 17.5 Å². The molecule has 0 aliphatic carbocycles. The smallest absolute Gasteiger partial charge is 0.256 e. The van der Waals surface area contributed by atoms with Crippen molar-refractivity contribution in [3.8, 4) is 5.75 Å². The lowest BCUT2D eigenvalue weighted by molar-refractivity contribution is 0.102. The van der Waals surface area contributed by atoms with Crippen LogP contribution in [-0.2, 0) is 0 Å². The van der Waals surface area contributed by atoms with E-state index in [2.05, 4.69) is 15.6 Å². The van der Waals surface area contributed by atoms with Gasteiger partial charge in [-0.25, -0.2) is 9.37 Å². The number of nitrogens with zero attached hydrogens (tertiary/aromatic N) is 1. The average molecular weight is 351 g/mol. The summed E-state index contributed by atoms with van der Waals surface area (Å²) in [6.45, 7) is 2.56. The third kappa shape index (κ3) is 4.57. The molecule has 0 aliphatic heterocycles. The van der Waals surface area contributed by atoms with Crippen LogP contribution in [0.3, 0.4) is 0 Å². The van der Waals surface area contributed by atoms with Crippen molar-refractivity contribution in [1.82, 2.24) is 4.98 Å². The van der Waals surface area contributed by atoms with Crippen LogP contribution in [0.5, 0.6) is 5.75 Å². The van der Waals surface area contributed by atoms with Crippen molar-refractivity contribution in [3.05, 3.63) is 78.2 Å². The molecule has 2 aromatic carbocycles. The van der Waals surface area contributed by atoms with Crippen LogP contribution >= 0.6 is 0 Å². The molecule has 3 rings (SSSR count). The second kappa shape index (κ2) is 8.11. The summed E-state index contributed by atoms with van der Waals surface area (Å²) in [7, 11) is 0. The number of carbonyl (C=O) groups is 1. The fourth-order valence-corrected chi connectivity index (χ4v) is 2.33. The summed E-state index contributed by atoms with van der Waals surface area (Å²) in [6.07, 6.45) is 1.61. The van der Waals surface area contributed by atoms with E-state index in [1.54, 1.807) is 24.4 Å². The van der Waals surface area contributed by atoms with Crippen LogP contribution in [0.4, 0.5) is 21.6 Å². The third-order valence-electron chi connectivity index (χ3n) is 3.55. The summed E-state index contributed by atoms with van der Waals surface area (Å²) in [5, 5.41) is 5.85. The number of halogens is 1. The van der Waals surface area contributed by atoms with Crippen LogP contribution in [0.2, 0.25) is 0 Å². The Morgan fingerprint density at radius 1 is 1.08 bits per heavy atom. The lowest BCUT2D eigenvalue weighted by Crippen LogP contribution is -2.13. The number of nitrogens with one attached hydrogen (secondary N) is 2. The maximum atomic E-state index is 13.2. The molecule has 0 fully saturated rings. The van der Waals surface area contributed by atoms with Crippen molar-refractivity contribution in [2.24, 2.45) is 0 Å². The number of amides is 1. The van der Waals surface area contributed by atoms with Gasteiger partial charge in [0.15, 0.2) is 0 Å². The minimum Gasteiger partial charge on any atom is -0.494 e. The fraction of sp³-hybridized carbons (Fsp3) is 0.100. The Kier molecular flexibility index (Phi) is 5.43. The molecule has 0 aliphatic rings. The van der Waals surface area contributed by atoms with Crippen molar-refractivity contribution in [2.45, 2.75) is 6.92 Å². The Morgan fingerprint density at radius 3 is 2.50 bits per heavy atom. The van der Waals surface area contributed by atoms with Crippen LogP contribution < -0.4 is 15.4 Å². The summed E-state index contributed by atoms with van der Waals surface area (Å²) >= 11 is 0. The van der Waals surface area contributed by atoms with E-state index < -0.39 is 11.7 Å². The van der Waals surface area contributed by atoms with Gasteiger partial charge in [0, 0.05) is 11.3 Å². The number of aromatic nitrogens is 1. The number of carbonyl (C=O) groups excluding carboxylic acids is 1. The van der Waals surface area contributed by atoms with Crippen LogP contribution in [0, 0.1) is 5.82 Å². The Labute approximate surface area is 150 Å². The second-order valence-electron chi connectivity index (χ2n) is 5.48. The van der Waals surface area contributed by atoms with Gasteiger partial charge in [0.25, 0.3) is 5.91 Å². The van der Waals surface area contributed by atoms with E-state index in [4.69, 9.17) is 4.74 Å². The number of hydrogen-bond acceptors (Lipinski definition) is 4. The molecule has 0 saturated heterocycles. The first-order valence-electron chi connectivity index (χ1n) is 8.17. The van der Waals surface area contributed by atoms with Crippen molar-refractivity contribution < 1.29 is 13.9 Å². The third-order valence-corrected chi connectivity index (χ3v) is 3.55. The minimum absolute atomic E-state index is 0.239. The van der Waals surface area contributed by atoms with E-state index in [0.717, 1.165) is 17.1 Å². The lowest BCUT2D eigenvalue weighted by Gasteiger charge is -2.09. The first kappa shape index (κ1) is 17.4. The van der Waals surface area contributed by atoms with Gasteiger partial charge in [0.1, 0.15) is 17.4 Å². The van der Waals surface area contributed by atoms with Crippen LogP contribution in [0.15, 0.2) is 66.9 Å². The van der Waals surface area contributed by atoms with Gasteiger partial charge in [0.05, 0.1) is 18.5 Å². The molecule has 0 unspecified atom stereocenters. The highest BCUT2D eigenvalue weighted by Crippen LogP contribution is 2.20. The lowest BCUT2D eigenvalue weighted by atomic mass is 10.2. The van der Waals surface area contributed by atoms with Crippen molar-refractivity contribution in [2.75, 3.05) is 17.2 Å². The number of hydrogen-bond donors (Lipinski definition) is 2. The Hall–Kier alpha value is -3.41. The molecule has 2 N–H and O–H groups in total. The Balaban J connectivity index is 1.62. The van der Waals surface area contributed by atoms with Gasteiger partial charge in [-0.1, -0.05) is 6.07 Å². The molecule has 0 atom stereocenters. The maximum absolute atomic E-state index is 13.2. The summed E-state index contributed by atoms with van der Waals surface area (Å²) < 4.78 is 18.6. The topological polar surface area (TPSA) is 63.2 Å². The van der Waals surface area contributed by atoms with Crippen molar-refractivity contribution in [3.63, 3.8) is 0 Å². The first-order valence-corrected chi connectivity index (χ1v) is 8.17. The highest BCUT2D eigenvalue weighted by molar-refractivity contribution is 6.03. The second-order valence-corrected chi connectivity index (χ2v) is 5.48. The molecule has 1 aromatic heterocycles. The maximum Gasteiger partial charge on any atom is 0.256 e. The first-order chi connectivity index (χ1) is 12.6. The Bertz CT molecular complexity index is 880. The molecule has 1 heterocycles. The minimum atomic E-state index is -0.458. The van der Waals surface area contributed by atoms with E-state index in [0.29, 0.717) is 12.4 Å². The molecule has 5 nitrogen and oxygen atoms in total. The molecule has 132 valence electrons. The average Bonchev–Trinajstić information content (AvgIpc) is 2.65. The molecular weight excluding hydrogens is 333 g/mol. The Morgan fingerprint density at radius 2 is 1.85 bits per heavy atom. The molecule has 0 spiro atoms. The zero-order valence-electron chi connectivity index (χ0n) is 14.2. The number of ether oxygens (including phenoxy) is 1. The van der Waals surface area contributed by atoms with E-state index in [1.165, 1.54) is 18.2 Å². The van der Waals surface area contributed by atoms with Gasteiger partial charge >= 0.3 is 0 Å².